The van der Waals surface area contributed by atoms with Crippen molar-refractivity contribution >= 4 is 17.7 Å². The van der Waals surface area contributed by atoms with Gasteiger partial charge in [-0.3, -0.25) is 0 Å². The van der Waals surface area contributed by atoms with Crippen LogP contribution in [0.3, 0.4) is 0 Å². The summed E-state index contributed by atoms with van der Waals surface area (Å²) in [5, 5.41) is 9.90. The van der Waals surface area contributed by atoms with Gasteiger partial charge in [0.05, 0.1) is 11.8 Å². The number of carboxylic acids is 1. The fourth-order valence-electron chi connectivity index (χ4n) is 1.10. The summed E-state index contributed by atoms with van der Waals surface area (Å²) in [4.78, 5) is 18.4. The number of halogens is 1. The van der Waals surface area contributed by atoms with Crippen molar-refractivity contribution in [1.29, 1.82) is 0 Å². The molecule has 2 aromatic rings. The van der Waals surface area contributed by atoms with Crippen LogP contribution >= 0.6 is 11.8 Å². The normalized spacial score (nSPS) is 10.2. The number of pyridine rings is 2. The quantitative estimate of drug-likeness (QED) is 0.906. The maximum atomic E-state index is 12.6. The molecule has 6 heteroatoms. The lowest BCUT2D eigenvalue weighted by molar-refractivity contribution is 0.0696. The molecule has 0 atom stereocenters. The highest BCUT2D eigenvalue weighted by Crippen LogP contribution is 2.23. The summed E-state index contributed by atoms with van der Waals surface area (Å²) >= 11 is 1.23. The first-order chi connectivity index (χ1) is 8.15. The molecule has 86 valence electrons. The molecule has 0 saturated carbocycles. The van der Waals surface area contributed by atoms with Crippen molar-refractivity contribution in [3.05, 3.63) is 48.0 Å². The first-order valence-corrected chi connectivity index (χ1v) is 5.45. The standard InChI is InChI=1S/C11H7FN2O2S/c12-8-2-4-10(14-6-8)17-9-3-1-7(5-13-9)11(15)16/h1-6H,(H,15,16). The smallest absolute Gasteiger partial charge is 0.337 e. The van der Waals surface area contributed by atoms with Crippen LogP contribution in [0.2, 0.25) is 0 Å². The molecule has 2 heterocycles. The summed E-state index contributed by atoms with van der Waals surface area (Å²) in [5.74, 6) is -1.42. The van der Waals surface area contributed by atoms with Gasteiger partial charge in [-0.1, -0.05) is 11.8 Å². The van der Waals surface area contributed by atoms with Crippen LogP contribution in [0, 0.1) is 5.82 Å². The Bertz CT molecular complexity index is 528. The van der Waals surface area contributed by atoms with Crippen molar-refractivity contribution in [2.45, 2.75) is 10.1 Å². The third-order valence-electron chi connectivity index (χ3n) is 1.89. The lowest BCUT2D eigenvalue weighted by Gasteiger charge is -2.00. The number of hydrogen-bond acceptors (Lipinski definition) is 4. The second-order valence-corrected chi connectivity index (χ2v) is 4.15. The Morgan fingerprint density at radius 1 is 1.12 bits per heavy atom. The van der Waals surface area contributed by atoms with Crippen LogP contribution in [0.15, 0.2) is 46.7 Å². The maximum absolute atomic E-state index is 12.6. The molecule has 17 heavy (non-hydrogen) atoms. The van der Waals surface area contributed by atoms with E-state index in [9.17, 15) is 9.18 Å². The number of nitrogens with zero attached hydrogens (tertiary/aromatic N) is 2. The molecule has 0 saturated heterocycles. The van der Waals surface area contributed by atoms with E-state index in [-0.39, 0.29) is 5.56 Å². The zero-order valence-corrected chi connectivity index (χ0v) is 9.32. The van der Waals surface area contributed by atoms with Crippen molar-refractivity contribution in [3.63, 3.8) is 0 Å². The Morgan fingerprint density at radius 3 is 2.24 bits per heavy atom. The number of rotatable bonds is 3. The largest absolute Gasteiger partial charge is 0.478 e. The first-order valence-electron chi connectivity index (χ1n) is 4.64. The summed E-state index contributed by atoms with van der Waals surface area (Å²) < 4.78 is 12.6. The first kappa shape index (κ1) is 11.5. The fraction of sp³-hybridized carbons (Fsp3) is 0. The number of hydrogen-bond donors (Lipinski definition) is 1. The highest BCUT2D eigenvalue weighted by Gasteiger charge is 2.04. The van der Waals surface area contributed by atoms with E-state index in [0.29, 0.717) is 10.1 Å². The lowest BCUT2D eigenvalue weighted by Crippen LogP contribution is -1.96. The monoisotopic (exact) mass is 250 g/mol. The van der Waals surface area contributed by atoms with Crippen LogP contribution < -0.4 is 0 Å². The molecule has 0 radical (unpaired) electrons. The second kappa shape index (κ2) is 4.92. The third-order valence-corrected chi connectivity index (χ3v) is 2.79. The van der Waals surface area contributed by atoms with E-state index in [1.807, 2.05) is 0 Å². The third kappa shape index (κ3) is 3.01. The molecule has 0 aromatic carbocycles. The van der Waals surface area contributed by atoms with Gasteiger partial charge in [0.2, 0.25) is 0 Å². The van der Waals surface area contributed by atoms with Gasteiger partial charge in [0, 0.05) is 6.20 Å². The van der Waals surface area contributed by atoms with Crippen LogP contribution in [0.5, 0.6) is 0 Å². The van der Waals surface area contributed by atoms with Gasteiger partial charge in [0.1, 0.15) is 15.9 Å². The van der Waals surface area contributed by atoms with Gasteiger partial charge >= 0.3 is 5.97 Å². The van der Waals surface area contributed by atoms with Gasteiger partial charge in [-0.25, -0.2) is 19.2 Å². The lowest BCUT2D eigenvalue weighted by atomic mass is 10.3. The van der Waals surface area contributed by atoms with Gasteiger partial charge in [-0.05, 0) is 24.3 Å². The molecule has 0 aliphatic carbocycles. The van der Waals surface area contributed by atoms with E-state index in [1.165, 1.54) is 36.2 Å². The summed E-state index contributed by atoms with van der Waals surface area (Å²) in [6.45, 7) is 0. The molecule has 0 bridgehead atoms. The average molecular weight is 250 g/mol. The van der Waals surface area contributed by atoms with Crippen LogP contribution in [0.4, 0.5) is 4.39 Å². The predicted molar refractivity (Wildman–Crippen MR) is 59.5 cm³/mol. The van der Waals surface area contributed by atoms with Crippen molar-refractivity contribution in [2.75, 3.05) is 0 Å². The molecule has 0 fully saturated rings. The predicted octanol–water partition coefficient (Wildman–Crippen LogP) is 2.47. The van der Waals surface area contributed by atoms with Crippen LogP contribution in [0.25, 0.3) is 0 Å². The number of aromatic nitrogens is 2. The van der Waals surface area contributed by atoms with E-state index in [1.54, 1.807) is 6.07 Å². The van der Waals surface area contributed by atoms with E-state index >= 15 is 0 Å². The van der Waals surface area contributed by atoms with Crippen molar-refractivity contribution in [1.82, 2.24) is 9.97 Å². The van der Waals surface area contributed by atoms with Gasteiger partial charge in [0.15, 0.2) is 0 Å². The Hall–Kier alpha value is -1.95. The Morgan fingerprint density at radius 2 is 1.76 bits per heavy atom. The van der Waals surface area contributed by atoms with E-state index in [0.717, 1.165) is 6.20 Å². The van der Waals surface area contributed by atoms with Gasteiger partial charge < -0.3 is 5.11 Å². The zero-order chi connectivity index (χ0) is 12.3. The number of aromatic carboxylic acids is 1. The summed E-state index contributed by atoms with van der Waals surface area (Å²) in [6, 6.07) is 5.88. The Kier molecular flexibility index (Phi) is 3.34. The summed E-state index contributed by atoms with van der Waals surface area (Å²) in [6.07, 6.45) is 2.39. The molecule has 1 N–H and O–H groups in total. The maximum Gasteiger partial charge on any atom is 0.337 e. The summed E-state index contributed by atoms with van der Waals surface area (Å²) in [7, 11) is 0. The topological polar surface area (TPSA) is 63.1 Å². The number of carbonyl (C=O) groups is 1. The average Bonchev–Trinajstić information content (AvgIpc) is 2.33. The molecule has 2 rings (SSSR count). The highest BCUT2D eigenvalue weighted by molar-refractivity contribution is 7.99. The van der Waals surface area contributed by atoms with Gasteiger partial charge in [-0.15, -0.1) is 0 Å². The minimum absolute atomic E-state index is 0.126. The van der Waals surface area contributed by atoms with E-state index in [2.05, 4.69) is 9.97 Å². The molecular formula is C11H7FN2O2S. The highest BCUT2D eigenvalue weighted by atomic mass is 32.2. The van der Waals surface area contributed by atoms with E-state index in [4.69, 9.17) is 5.11 Å². The van der Waals surface area contributed by atoms with Crippen LogP contribution in [-0.2, 0) is 0 Å². The molecular weight excluding hydrogens is 243 g/mol. The fourth-order valence-corrected chi connectivity index (χ4v) is 1.79. The minimum atomic E-state index is -1.02. The zero-order valence-electron chi connectivity index (χ0n) is 8.50. The molecule has 2 aromatic heterocycles. The van der Waals surface area contributed by atoms with Crippen molar-refractivity contribution in [2.24, 2.45) is 0 Å². The molecule has 4 nitrogen and oxygen atoms in total. The molecule has 0 amide bonds. The minimum Gasteiger partial charge on any atom is -0.478 e. The Labute approximate surface area is 101 Å². The summed E-state index contributed by atoms with van der Waals surface area (Å²) in [5.41, 5.74) is 0.126. The Balaban J connectivity index is 2.13. The molecule has 0 aliphatic heterocycles. The number of carboxylic acid groups (broad SMARTS) is 1. The van der Waals surface area contributed by atoms with Gasteiger partial charge in [0.25, 0.3) is 0 Å². The van der Waals surface area contributed by atoms with Crippen LogP contribution in [-0.4, -0.2) is 21.0 Å². The molecule has 0 aliphatic rings. The molecule has 0 spiro atoms. The van der Waals surface area contributed by atoms with Gasteiger partial charge in [-0.2, -0.15) is 0 Å². The molecule has 0 unspecified atom stereocenters. The van der Waals surface area contributed by atoms with Crippen molar-refractivity contribution in [3.8, 4) is 0 Å². The van der Waals surface area contributed by atoms with E-state index < -0.39 is 11.8 Å². The second-order valence-electron chi connectivity index (χ2n) is 3.11. The van der Waals surface area contributed by atoms with Crippen LogP contribution in [0.1, 0.15) is 10.4 Å². The SMILES string of the molecule is O=C(O)c1ccc(Sc2ccc(F)cn2)nc1. The van der Waals surface area contributed by atoms with Crippen molar-refractivity contribution < 1.29 is 14.3 Å².